The molecule has 0 spiro atoms. The van der Waals surface area contributed by atoms with Gasteiger partial charge in [0.1, 0.15) is 11.6 Å². The number of anilines is 2. The van der Waals surface area contributed by atoms with Crippen molar-refractivity contribution in [2.24, 2.45) is 7.05 Å². The number of nitrogen functional groups attached to an aromatic ring is 2. The summed E-state index contributed by atoms with van der Waals surface area (Å²) < 4.78 is 1.44. The number of ketones is 1. The zero-order chi connectivity index (χ0) is 12.6. The maximum absolute atomic E-state index is 12.3. The Morgan fingerprint density at radius 3 is 2.65 bits per heavy atom. The van der Waals surface area contributed by atoms with Crippen LogP contribution in [0.3, 0.4) is 0 Å². The molecule has 2 aromatic rings. The van der Waals surface area contributed by atoms with E-state index in [1.807, 2.05) is 0 Å². The maximum Gasteiger partial charge on any atom is 0.202 e. The summed E-state index contributed by atoms with van der Waals surface area (Å²) >= 11 is 0. The third-order valence-corrected chi connectivity index (χ3v) is 2.64. The summed E-state index contributed by atoms with van der Waals surface area (Å²) in [5.74, 6) is 0.273. The molecule has 88 valence electrons. The Hall–Kier alpha value is -2.37. The van der Waals surface area contributed by atoms with E-state index in [4.69, 9.17) is 11.5 Å². The first-order valence-electron chi connectivity index (χ1n) is 5.05. The van der Waals surface area contributed by atoms with Crippen LogP contribution in [0.2, 0.25) is 0 Å². The summed E-state index contributed by atoms with van der Waals surface area (Å²) in [4.78, 5) is 16.2. The Bertz CT molecular complexity index is 567. The predicted octanol–water partition coefficient (Wildman–Crippen LogP) is 0.519. The van der Waals surface area contributed by atoms with Crippen molar-refractivity contribution in [1.29, 1.82) is 0 Å². The van der Waals surface area contributed by atoms with E-state index in [2.05, 4.69) is 10.1 Å². The van der Waals surface area contributed by atoms with Crippen LogP contribution >= 0.6 is 0 Å². The summed E-state index contributed by atoms with van der Waals surface area (Å²) in [6.45, 7) is 1.80. The molecular formula is C11H13N5O. The first kappa shape index (κ1) is 11.1. The molecule has 0 saturated heterocycles. The van der Waals surface area contributed by atoms with E-state index in [0.717, 1.165) is 5.56 Å². The fraction of sp³-hybridized carbons (Fsp3) is 0.182. The number of carbonyl (C=O) groups is 1. The maximum atomic E-state index is 12.3. The van der Waals surface area contributed by atoms with E-state index in [0.29, 0.717) is 16.9 Å². The van der Waals surface area contributed by atoms with Gasteiger partial charge in [-0.3, -0.25) is 9.48 Å². The molecule has 0 radical (unpaired) electrons. The van der Waals surface area contributed by atoms with E-state index in [-0.39, 0.29) is 11.6 Å². The van der Waals surface area contributed by atoms with Crippen LogP contribution < -0.4 is 11.5 Å². The molecule has 17 heavy (non-hydrogen) atoms. The van der Waals surface area contributed by atoms with Crippen LogP contribution in [-0.2, 0) is 7.05 Å². The lowest BCUT2D eigenvalue weighted by Crippen LogP contribution is -2.11. The Kier molecular flexibility index (Phi) is 2.55. The summed E-state index contributed by atoms with van der Waals surface area (Å²) in [5, 5.41) is 3.93. The van der Waals surface area contributed by atoms with Gasteiger partial charge in [0, 0.05) is 13.2 Å². The van der Waals surface area contributed by atoms with Gasteiger partial charge in [0.05, 0.1) is 17.3 Å². The van der Waals surface area contributed by atoms with E-state index in [9.17, 15) is 4.79 Å². The molecule has 0 saturated carbocycles. The van der Waals surface area contributed by atoms with Gasteiger partial charge in [-0.15, -0.1) is 0 Å². The first-order valence-corrected chi connectivity index (χ1v) is 5.05. The van der Waals surface area contributed by atoms with Crippen LogP contribution in [0.15, 0.2) is 18.5 Å². The minimum Gasteiger partial charge on any atom is -0.383 e. The van der Waals surface area contributed by atoms with Crippen LogP contribution in [-0.4, -0.2) is 20.5 Å². The predicted molar refractivity (Wildman–Crippen MR) is 64.4 cm³/mol. The van der Waals surface area contributed by atoms with Gasteiger partial charge in [0.25, 0.3) is 0 Å². The van der Waals surface area contributed by atoms with Gasteiger partial charge >= 0.3 is 0 Å². The SMILES string of the molecule is Cc1ccnc(N)c1C(=O)c1cnn(C)c1N. The van der Waals surface area contributed by atoms with Crippen molar-refractivity contribution >= 4 is 17.4 Å². The van der Waals surface area contributed by atoms with Gasteiger partial charge in [-0.1, -0.05) is 0 Å². The fourth-order valence-corrected chi connectivity index (χ4v) is 1.63. The molecule has 0 aliphatic rings. The second-order valence-electron chi connectivity index (χ2n) is 3.78. The quantitative estimate of drug-likeness (QED) is 0.734. The lowest BCUT2D eigenvalue weighted by Gasteiger charge is -2.06. The highest BCUT2D eigenvalue weighted by Gasteiger charge is 2.20. The van der Waals surface area contributed by atoms with Gasteiger partial charge < -0.3 is 11.5 Å². The van der Waals surface area contributed by atoms with Crippen LogP contribution in [0.4, 0.5) is 11.6 Å². The number of aryl methyl sites for hydroxylation is 2. The number of hydrogen-bond donors (Lipinski definition) is 2. The van der Waals surface area contributed by atoms with Gasteiger partial charge in [-0.05, 0) is 18.6 Å². The van der Waals surface area contributed by atoms with Crippen LogP contribution in [0, 0.1) is 6.92 Å². The molecule has 2 rings (SSSR count). The van der Waals surface area contributed by atoms with E-state index < -0.39 is 0 Å². The van der Waals surface area contributed by atoms with Crippen molar-refractivity contribution in [2.75, 3.05) is 11.5 Å². The second-order valence-corrected chi connectivity index (χ2v) is 3.78. The number of carbonyl (C=O) groups excluding carboxylic acids is 1. The Morgan fingerprint density at radius 2 is 2.12 bits per heavy atom. The Morgan fingerprint density at radius 1 is 1.41 bits per heavy atom. The molecule has 0 aliphatic carbocycles. The van der Waals surface area contributed by atoms with Gasteiger partial charge in [0.2, 0.25) is 5.78 Å². The molecule has 6 heteroatoms. The van der Waals surface area contributed by atoms with Gasteiger partial charge in [-0.25, -0.2) is 4.98 Å². The third kappa shape index (κ3) is 1.73. The standard InChI is InChI=1S/C11H13N5O/c1-6-3-4-14-10(12)8(6)9(17)7-5-15-16(2)11(7)13/h3-5H,13H2,1-2H3,(H2,12,14). The minimum absolute atomic E-state index is 0.207. The van der Waals surface area contributed by atoms with Crippen molar-refractivity contribution in [3.8, 4) is 0 Å². The molecule has 6 nitrogen and oxygen atoms in total. The van der Waals surface area contributed by atoms with Gasteiger partial charge in [-0.2, -0.15) is 5.10 Å². The number of pyridine rings is 1. The highest BCUT2D eigenvalue weighted by molar-refractivity contribution is 6.14. The molecule has 2 heterocycles. The molecule has 0 bridgehead atoms. The summed E-state index contributed by atoms with van der Waals surface area (Å²) in [5.41, 5.74) is 13.0. The molecule has 0 atom stereocenters. The molecule has 2 aromatic heterocycles. The van der Waals surface area contributed by atoms with Crippen molar-refractivity contribution in [1.82, 2.24) is 14.8 Å². The molecule has 0 amide bonds. The van der Waals surface area contributed by atoms with Crippen molar-refractivity contribution < 1.29 is 4.79 Å². The van der Waals surface area contributed by atoms with Crippen LogP contribution in [0.25, 0.3) is 0 Å². The average Bonchev–Trinajstić information content (AvgIpc) is 2.59. The smallest absolute Gasteiger partial charge is 0.202 e. The zero-order valence-corrected chi connectivity index (χ0v) is 9.64. The highest BCUT2D eigenvalue weighted by Crippen LogP contribution is 2.21. The lowest BCUT2D eigenvalue weighted by atomic mass is 10.0. The van der Waals surface area contributed by atoms with Crippen molar-refractivity contribution in [3.63, 3.8) is 0 Å². The molecule has 0 aromatic carbocycles. The Labute approximate surface area is 98.3 Å². The number of nitrogens with zero attached hydrogens (tertiary/aromatic N) is 3. The number of nitrogens with two attached hydrogens (primary N) is 2. The van der Waals surface area contributed by atoms with E-state index in [1.165, 1.54) is 10.9 Å². The van der Waals surface area contributed by atoms with Crippen LogP contribution in [0.1, 0.15) is 21.5 Å². The molecular weight excluding hydrogens is 218 g/mol. The normalized spacial score (nSPS) is 10.5. The van der Waals surface area contributed by atoms with E-state index >= 15 is 0 Å². The summed E-state index contributed by atoms with van der Waals surface area (Å²) in [6.07, 6.45) is 3.00. The number of aromatic nitrogens is 3. The Balaban J connectivity index is 2.55. The van der Waals surface area contributed by atoms with Crippen LogP contribution in [0.5, 0.6) is 0 Å². The molecule has 0 unspecified atom stereocenters. The summed E-state index contributed by atoms with van der Waals surface area (Å²) in [6, 6.07) is 1.73. The van der Waals surface area contributed by atoms with Crippen molar-refractivity contribution in [2.45, 2.75) is 6.92 Å². The zero-order valence-electron chi connectivity index (χ0n) is 9.64. The monoisotopic (exact) mass is 231 g/mol. The third-order valence-electron chi connectivity index (χ3n) is 2.64. The molecule has 0 fully saturated rings. The topological polar surface area (TPSA) is 99.8 Å². The number of hydrogen-bond acceptors (Lipinski definition) is 5. The fourth-order valence-electron chi connectivity index (χ4n) is 1.63. The van der Waals surface area contributed by atoms with E-state index in [1.54, 1.807) is 26.2 Å². The summed E-state index contributed by atoms with van der Waals surface area (Å²) in [7, 11) is 1.67. The second kappa shape index (κ2) is 3.89. The molecule has 0 aliphatic heterocycles. The lowest BCUT2D eigenvalue weighted by molar-refractivity contribution is 0.103. The minimum atomic E-state index is -0.251. The highest BCUT2D eigenvalue weighted by atomic mass is 16.1. The number of rotatable bonds is 2. The van der Waals surface area contributed by atoms with Gasteiger partial charge in [0.15, 0.2) is 0 Å². The first-order chi connectivity index (χ1) is 8.02. The largest absolute Gasteiger partial charge is 0.383 e. The van der Waals surface area contributed by atoms with Crippen molar-refractivity contribution in [3.05, 3.63) is 35.2 Å². The average molecular weight is 231 g/mol. The molecule has 4 N–H and O–H groups in total.